The second kappa shape index (κ2) is 8.16. The summed E-state index contributed by atoms with van der Waals surface area (Å²) in [4.78, 5) is 15.0. The van der Waals surface area contributed by atoms with Crippen LogP contribution in [0.4, 0.5) is 0 Å². The maximum Gasteiger partial charge on any atom is 0.232 e. The monoisotopic (exact) mass is 338 g/mol. The standard InChI is InChI=1S/C19H30N2O.ClH/c1-5-15-6-8-17(9-7-15)19(3,4)18(22)21-12-10-16(11-13-21)14(2)20;/h6-9,14,16H,5,10-13,20H2,1-4H3;1H. The highest BCUT2D eigenvalue weighted by Crippen LogP contribution is 2.29. The van der Waals surface area contributed by atoms with Gasteiger partial charge in [0.15, 0.2) is 0 Å². The molecule has 1 aliphatic rings. The number of likely N-dealkylation sites (tertiary alicyclic amines) is 1. The Hall–Kier alpha value is -1.06. The first kappa shape index (κ1) is 20.0. The van der Waals surface area contributed by atoms with Gasteiger partial charge in [0.1, 0.15) is 0 Å². The van der Waals surface area contributed by atoms with Gasteiger partial charge in [-0.15, -0.1) is 12.4 Å². The average Bonchev–Trinajstić information content (AvgIpc) is 2.54. The van der Waals surface area contributed by atoms with E-state index in [2.05, 4.69) is 38.1 Å². The van der Waals surface area contributed by atoms with Gasteiger partial charge >= 0.3 is 0 Å². The molecule has 1 heterocycles. The highest BCUT2D eigenvalue weighted by Gasteiger charge is 2.35. The van der Waals surface area contributed by atoms with Crippen molar-refractivity contribution < 1.29 is 4.79 Å². The molecule has 1 aromatic rings. The minimum atomic E-state index is -0.465. The Labute approximate surface area is 147 Å². The molecule has 0 saturated carbocycles. The summed E-state index contributed by atoms with van der Waals surface area (Å²) in [6.07, 6.45) is 3.07. The van der Waals surface area contributed by atoms with Crippen LogP contribution in [-0.2, 0) is 16.6 Å². The molecule has 23 heavy (non-hydrogen) atoms. The molecule has 0 radical (unpaired) electrons. The highest BCUT2D eigenvalue weighted by atomic mass is 35.5. The van der Waals surface area contributed by atoms with Gasteiger partial charge in [-0.3, -0.25) is 4.79 Å². The van der Waals surface area contributed by atoms with E-state index in [1.807, 2.05) is 18.7 Å². The van der Waals surface area contributed by atoms with Gasteiger partial charge in [0.05, 0.1) is 5.41 Å². The lowest BCUT2D eigenvalue weighted by atomic mass is 9.81. The first-order valence-electron chi connectivity index (χ1n) is 8.50. The topological polar surface area (TPSA) is 46.3 Å². The summed E-state index contributed by atoms with van der Waals surface area (Å²) in [5, 5.41) is 0. The molecule has 3 nitrogen and oxygen atoms in total. The molecule has 0 aliphatic carbocycles. The Kier molecular flexibility index (Phi) is 7.09. The molecule has 2 N–H and O–H groups in total. The minimum absolute atomic E-state index is 0. The third-order valence-corrected chi connectivity index (χ3v) is 5.19. The number of carbonyl (C=O) groups excluding carboxylic acids is 1. The van der Waals surface area contributed by atoms with Crippen LogP contribution in [0.1, 0.15) is 51.7 Å². The second-order valence-electron chi connectivity index (χ2n) is 7.16. The highest BCUT2D eigenvalue weighted by molar-refractivity contribution is 5.87. The Balaban J connectivity index is 0.00000264. The average molecular weight is 339 g/mol. The van der Waals surface area contributed by atoms with Crippen LogP contribution >= 0.6 is 12.4 Å². The molecule has 0 aromatic heterocycles. The first-order chi connectivity index (χ1) is 10.4. The molecule has 2 rings (SSSR count). The number of aryl methyl sites for hydroxylation is 1. The largest absolute Gasteiger partial charge is 0.342 e. The van der Waals surface area contributed by atoms with Gasteiger partial charge in [0.2, 0.25) is 5.91 Å². The van der Waals surface area contributed by atoms with Gasteiger partial charge in [-0.05, 0) is 57.1 Å². The lowest BCUT2D eigenvalue weighted by molar-refractivity contribution is -0.137. The van der Waals surface area contributed by atoms with Crippen LogP contribution in [0, 0.1) is 5.92 Å². The molecule has 1 amide bonds. The van der Waals surface area contributed by atoms with Gasteiger partial charge in [0.25, 0.3) is 0 Å². The van der Waals surface area contributed by atoms with Gasteiger partial charge in [0, 0.05) is 19.1 Å². The number of benzene rings is 1. The zero-order valence-corrected chi connectivity index (χ0v) is 15.7. The Bertz CT molecular complexity index is 503. The van der Waals surface area contributed by atoms with Crippen molar-refractivity contribution in [3.63, 3.8) is 0 Å². The van der Waals surface area contributed by atoms with E-state index in [1.165, 1.54) is 5.56 Å². The van der Waals surface area contributed by atoms with E-state index >= 15 is 0 Å². The van der Waals surface area contributed by atoms with Crippen molar-refractivity contribution in [2.45, 2.75) is 58.4 Å². The molecule has 1 aliphatic heterocycles. The smallest absolute Gasteiger partial charge is 0.232 e. The predicted molar refractivity (Wildman–Crippen MR) is 99.0 cm³/mol. The zero-order valence-electron chi connectivity index (χ0n) is 14.8. The molecular formula is C19H31ClN2O. The summed E-state index contributed by atoms with van der Waals surface area (Å²) in [6.45, 7) is 9.96. The number of halogens is 1. The number of piperidine rings is 1. The number of hydrogen-bond donors (Lipinski definition) is 1. The van der Waals surface area contributed by atoms with Crippen LogP contribution in [0.3, 0.4) is 0 Å². The van der Waals surface area contributed by atoms with Crippen molar-refractivity contribution in [3.05, 3.63) is 35.4 Å². The normalized spacial score (nSPS) is 17.5. The number of nitrogens with zero attached hydrogens (tertiary/aromatic N) is 1. The molecule has 130 valence electrons. The van der Waals surface area contributed by atoms with Crippen molar-refractivity contribution in [1.29, 1.82) is 0 Å². The Morgan fingerprint density at radius 1 is 1.26 bits per heavy atom. The van der Waals surface area contributed by atoms with Crippen LogP contribution in [0.2, 0.25) is 0 Å². The number of amides is 1. The summed E-state index contributed by atoms with van der Waals surface area (Å²) < 4.78 is 0. The van der Waals surface area contributed by atoms with Crippen molar-refractivity contribution >= 4 is 18.3 Å². The third-order valence-electron chi connectivity index (χ3n) is 5.19. The molecule has 0 spiro atoms. The van der Waals surface area contributed by atoms with Crippen LogP contribution in [-0.4, -0.2) is 29.9 Å². The van der Waals surface area contributed by atoms with Crippen molar-refractivity contribution in [3.8, 4) is 0 Å². The molecule has 1 unspecified atom stereocenters. The maximum atomic E-state index is 12.9. The summed E-state index contributed by atoms with van der Waals surface area (Å²) in [5.41, 5.74) is 7.94. The predicted octanol–water partition coefficient (Wildman–Crippen LogP) is 3.53. The van der Waals surface area contributed by atoms with E-state index in [9.17, 15) is 4.79 Å². The van der Waals surface area contributed by atoms with Crippen LogP contribution in [0.15, 0.2) is 24.3 Å². The molecule has 1 saturated heterocycles. The van der Waals surface area contributed by atoms with Gasteiger partial charge in [-0.1, -0.05) is 31.2 Å². The summed E-state index contributed by atoms with van der Waals surface area (Å²) in [6, 6.07) is 8.70. The number of carbonyl (C=O) groups is 1. The molecule has 1 fully saturated rings. The molecule has 1 atom stereocenters. The zero-order chi connectivity index (χ0) is 16.3. The van der Waals surface area contributed by atoms with Gasteiger partial charge in [-0.2, -0.15) is 0 Å². The van der Waals surface area contributed by atoms with Gasteiger partial charge in [-0.25, -0.2) is 0 Å². The molecular weight excluding hydrogens is 308 g/mol. The number of rotatable bonds is 4. The summed E-state index contributed by atoms with van der Waals surface area (Å²) >= 11 is 0. The van der Waals surface area contributed by atoms with Crippen LogP contribution < -0.4 is 5.73 Å². The quantitative estimate of drug-likeness (QED) is 0.912. The second-order valence-corrected chi connectivity index (χ2v) is 7.16. The fourth-order valence-electron chi connectivity index (χ4n) is 3.30. The minimum Gasteiger partial charge on any atom is -0.342 e. The van der Waals surface area contributed by atoms with E-state index in [0.29, 0.717) is 5.92 Å². The summed E-state index contributed by atoms with van der Waals surface area (Å²) in [7, 11) is 0. The Morgan fingerprint density at radius 2 is 1.78 bits per heavy atom. The van der Waals surface area contributed by atoms with E-state index < -0.39 is 5.41 Å². The van der Waals surface area contributed by atoms with E-state index in [0.717, 1.165) is 37.9 Å². The fourth-order valence-corrected chi connectivity index (χ4v) is 3.30. The third kappa shape index (κ3) is 4.48. The molecule has 1 aromatic carbocycles. The lowest BCUT2D eigenvalue weighted by Crippen LogP contribution is -2.48. The lowest BCUT2D eigenvalue weighted by Gasteiger charge is -2.38. The van der Waals surface area contributed by atoms with Crippen LogP contribution in [0.5, 0.6) is 0 Å². The number of nitrogens with two attached hydrogens (primary N) is 1. The van der Waals surface area contributed by atoms with Crippen LogP contribution in [0.25, 0.3) is 0 Å². The first-order valence-corrected chi connectivity index (χ1v) is 8.50. The SMILES string of the molecule is CCc1ccc(C(C)(C)C(=O)N2CCC(C(C)N)CC2)cc1.Cl. The fraction of sp³-hybridized carbons (Fsp3) is 0.632. The van der Waals surface area contributed by atoms with Crippen molar-refractivity contribution in [2.24, 2.45) is 11.7 Å². The summed E-state index contributed by atoms with van der Waals surface area (Å²) in [5.74, 6) is 0.788. The van der Waals surface area contributed by atoms with E-state index in [1.54, 1.807) is 0 Å². The number of hydrogen-bond acceptors (Lipinski definition) is 2. The van der Waals surface area contributed by atoms with E-state index in [-0.39, 0.29) is 24.4 Å². The molecule has 0 bridgehead atoms. The van der Waals surface area contributed by atoms with E-state index in [4.69, 9.17) is 5.73 Å². The molecule has 4 heteroatoms. The van der Waals surface area contributed by atoms with Crippen molar-refractivity contribution in [1.82, 2.24) is 4.90 Å². The maximum absolute atomic E-state index is 12.9. The van der Waals surface area contributed by atoms with Crippen molar-refractivity contribution in [2.75, 3.05) is 13.1 Å². The Morgan fingerprint density at radius 3 is 2.22 bits per heavy atom. The van der Waals surface area contributed by atoms with Gasteiger partial charge < -0.3 is 10.6 Å².